The third-order valence-electron chi connectivity index (χ3n) is 8.42. The number of hydrogen-bond donors (Lipinski definition) is 3. The average molecular weight is 524 g/mol. The lowest BCUT2D eigenvalue weighted by Gasteiger charge is -2.47. The number of amides is 3. The Morgan fingerprint density at radius 1 is 1.32 bits per heavy atom. The molecule has 4 atom stereocenters. The summed E-state index contributed by atoms with van der Waals surface area (Å²) in [5.74, 6) is -0.382. The van der Waals surface area contributed by atoms with E-state index in [2.05, 4.69) is 10.2 Å². The smallest absolute Gasteiger partial charge is 0.391 e. The van der Waals surface area contributed by atoms with Crippen LogP contribution in [0.15, 0.2) is 24.3 Å². The summed E-state index contributed by atoms with van der Waals surface area (Å²) in [5.41, 5.74) is -2.27. The number of urea groups is 1. The highest BCUT2D eigenvalue weighted by Crippen LogP contribution is 2.53. The molecule has 1 saturated carbocycles. The number of piperazine rings is 1. The van der Waals surface area contributed by atoms with Gasteiger partial charge in [-0.1, -0.05) is 6.07 Å². The number of aliphatic hydroxyl groups excluding tert-OH is 1. The molecule has 37 heavy (non-hydrogen) atoms. The van der Waals surface area contributed by atoms with Crippen molar-refractivity contribution >= 4 is 23.8 Å². The highest BCUT2D eigenvalue weighted by atomic mass is 19.4. The number of carbonyl (C=O) groups is 2. The molecule has 5 rings (SSSR count). The molecule has 1 unspecified atom stereocenters. The van der Waals surface area contributed by atoms with Crippen LogP contribution in [0.4, 0.5) is 23.7 Å². The number of fused-ring (bicyclic) bond motifs is 1. The Morgan fingerprint density at radius 2 is 2.08 bits per heavy atom. The molecule has 12 heteroatoms. The fourth-order valence-electron chi connectivity index (χ4n) is 5.84. The van der Waals surface area contributed by atoms with Crippen LogP contribution in [0.3, 0.4) is 0 Å². The third kappa shape index (κ3) is 4.70. The zero-order valence-electron chi connectivity index (χ0n) is 20.6. The van der Waals surface area contributed by atoms with Crippen molar-refractivity contribution in [3.63, 3.8) is 0 Å². The molecule has 3 heterocycles. The summed E-state index contributed by atoms with van der Waals surface area (Å²) in [6, 6.07) is 2.34. The average Bonchev–Trinajstić information content (AvgIpc) is 3.55. The van der Waals surface area contributed by atoms with Crippen molar-refractivity contribution in [1.82, 2.24) is 14.7 Å². The van der Waals surface area contributed by atoms with Gasteiger partial charge in [0.25, 0.3) is 0 Å². The molecule has 3 N–H and O–H groups in total. The number of aliphatic hydroxyl groups is 1. The molecule has 1 aromatic carbocycles. The number of piperidine rings is 1. The number of ether oxygens (including phenoxy) is 1. The number of benzene rings is 1. The number of likely N-dealkylation sites (tertiary alicyclic amines) is 1. The van der Waals surface area contributed by atoms with Crippen molar-refractivity contribution < 1.29 is 32.6 Å². The van der Waals surface area contributed by atoms with Gasteiger partial charge in [-0.25, -0.2) is 4.79 Å². The summed E-state index contributed by atoms with van der Waals surface area (Å²) >= 11 is 0. The topological polar surface area (TPSA) is 109 Å². The molecule has 4 fully saturated rings. The SMILES string of the molecule is C[C@H]1C(=O)N2[C@@H](CCN3CCC4(CC4)[C@H](O)C3)COC2(C=N)CN1C(=O)Nc1cccc(C(F)(F)F)c1. The van der Waals surface area contributed by atoms with Crippen LogP contribution in [0.25, 0.3) is 0 Å². The van der Waals surface area contributed by atoms with Crippen LogP contribution in [0.1, 0.15) is 38.2 Å². The minimum Gasteiger partial charge on any atom is -0.391 e. The van der Waals surface area contributed by atoms with Crippen LogP contribution in [0.5, 0.6) is 0 Å². The van der Waals surface area contributed by atoms with Crippen LogP contribution in [0, 0.1) is 10.8 Å². The van der Waals surface area contributed by atoms with E-state index in [-0.39, 0.29) is 42.3 Å². The molecule has 0 aromatic heterocycles. The third-order valence-corrected chi connectivity index (χ3v) is 8.42. The number of hydrogen-bond acceptors (Lipinski definition) is 6. The monoisotopic (exact) mass is 523 g/mol. The molecule has 1 aliphatic carbocycles. The Morgan fingerprint density at radius 3 is 2.73 bits per heavy atom. The Hall–Kier alpha value is -2.70. The van der Waals surface area contributed by atoms with Gasteiger partial charge < -0.3 is 35.3 Å². The van der Waals surface area contributed by atoms with E-state index in [4.69, 9.17) is 10.1 Å². The molecule has 3 amide bonds. The molecule has 1 spiro atoms. The fraction of sp³-hybridized carbons (Fsp3) is 0.640. The summed E-state index contributed by atoms with van der Waals surface area (Å²) in [5, 5.41) is 21.0. The van der Waals surface area contributed by atoms with E-state index < -0.39 is 29.5 Å². The second-order valence-corrected chi connectivity index (χ2v) is 10.7. The van der Waals surface area contributed by atoms with E-state index in [1.807, 2.05) is 0 Å². The van der Waals surface area contributed by atoms with Crippen LogP contribution in [0.2, 0.25) is 0 Å². The van der Waals surface area contributed by atoms with Gasteiger partial charge >= 0.3 is 12.2 Å². The van der Waals surface area contributed by atoms with Gasteiger partial charge in [0.05, 0.1) is 30.9 Å². The zero-order valence-corrected chi connectivity index (χ0v) is 20.6. The molecule has 9 nitrogen and oxygen atoms in total. The normalized spacial score (nSPS) is 31.4. The first kappa shape index (κ1) is 25.9. The van der Waals surface area contributed by atoms with Crippen molar-refractivity contribution in [2.45, 2.75) is 62.7 Å². The van der Waals surface area contributed by atoms with E-state index in [0.29, 0.717) is 19.5 Å². The summed E-state index contributed by atoms with van der Waals surface area (Å²) in [7, 11) is 0. The molecular weight excluding hydrogens is 491 g/mol. The predicted octanol–water partition coefficient (Wildman–Crippen LogP) is 2.75. The molecule has 202 valence electrons. The highest BCUT2D eigenvalue weighted by molar-refractivity contribution is 5.96. The highest BCUT2D eigenvalue weighted by Gasteiger charge is 2.57. The van der Waals surface area contributed by atoms with Crippen molar-refractivity contribution in [2.75, 3.05) is 38.1 Å². The van der Waals surface area contributed by atoms with Gasteiger partial charge in [-0.05, 0) is 62.8 Å². The number of anilines is 1. The van der Waals surface area contributed by atoms with E-state index in [0.717, 1.165) is 44.2 Å². The molecule has 3 aliphatic heterocycles. The largest absolute Gasteiger partial charge is 0.416 e. The number of nitrogens with one attached hydrogen (secondary N) is 2. The van der Waals surface area contributed by atoms with Crippen molar-refractivity contribution in [2.24, 2.45) is 5.41 Å². The van der Waals surface area contributed by atoms with E-state index >= 15 is 0 Å². The lowest BCUT2D eigenvalue weighted by atomic mass is 9.90. The Labute approximate surface area is 213 Å². The van der Waals surface area contributed by atoms with Gasteiger partial charge in [0.1, 0.15) is 6.04 Å². The summed E-state index contributed by atoms with van der Waals surface area (Å²) in [6.45, 7) is 3.83. The van der Waals surface area contributed by atoms with Crippen molar-refractivity contribution in [1.29, 1.82) is 5.41 Å². The number of halogens is 3. The van der Waals surface area contributed by atoms with Gasteiger partial charge in [-0.2, -0.15) is 13.2 Å². The molecule has 0 bridgehead atoms. The number of alkyl halides is 3. The summed E-state index contributed by atoms with van der Waals surface area (Å²) < 4.78 is 45.1. The van der Waals surface area contributed by atoms with Crippen LogP contribution in [-0.4, -0.2) is 94.7 Å². The maximum Gasteiger partial charge on any atom is 0.416 e. The van der Waals surface area contributed by atoms with Crippen LogP contribution < -0.4 is 5.32 Å². The van der Waals surface area contributed by atoms with Gasteiger partial charge in [0, 0.05) is 25.0 Å². The van der Waals surface area contributed by atoms with Gasteiger partial charge in [-0.3, -0.25) is 4.79 Å². The minimum absolute atomic E-state index is 0.0484. The zero-order chi connectivity index (χ0) is 26.6. The second-order valence-electron chi connectivity index (χ2n) is 10.7. The maximum atomic E-state index is 13.4. The molecule has 0 radical (unpaired) electrons. The number of nitrogens with zero attached hydrogens (tertiary/aromatic N) is 3. The number of rotatable bonds is 5. The van der Waals surface area contributed by atoms with Crippen LogP contribution in [-0.2, 0) is 15.7 Å². The first-order valence-electron chi connectivity index (χ1n) is 12.6. The maximum absolute atomic E-state index is 13.4. The van der Waals surface area contributed by atoms with E-state index in [1.165, 1.54) is 17.0 Å². The van der Waals surface area contributed by atoms with Gasteiger partial charge in [0.2, 0.25) is 5.91 Å². The number of carbonyl (C=O) groups excluding carboxylic acids is 2. The lowest BCUT2D eigenvalue weighted by Crippen LogP contribution is -2.69. The molecule has 3 saturated heterocycles. The van der Waals surface area contributed by atoms with E-state index in [9.17, 15) is 27.9 Å². The standard InChI is InChI=1S/C25H32F3N5O4/c1-16-21(35)33-19(5-9-31-10-8-23(6-7-23)20(34)12-31)13-37-24(33,14-29)15-32(16)22(36)30-18-4-2-3-17(11-18)25(26,27)28/h2-4,11,14,16,19-20,29,34H,5-10,12-13,15H2,1H3,(H,30,36)/t16-,19-,20+,24?/m0/s1. The minimum atomic E-state index is -4.56. The molecule has 1 aromatic rings. The van der Waals surface area contributed by atoms with Crippen LogP contribution >= 0.6 is 0 Å². The van der Waals surface area contributed by atoms with Gasteiger partial charge in [0.15, 0.2) is 5.72 Å². The second kappa shape index (κ2) is 9.25. The summed E-state index contributed by atoms with van der Waals surface area (Å²) in [6.07, 6.45) is -0.139. The Kier molecular flexibility index (Phi) is 6.48. The molecular formula is C25H32F3N5O4. The van der Waals surface area contributed by atoms with Gasteiger partial charge in [-0.15, -0.1) is 0 Å². The first-order valence-corrected chi connectivity index (χ1v) is 12.6. The van der Waals surface area contributed by atoms with E-state index in [1.54, 1.807) is 11.8 Å². The van der Waals surface area contributed by atoms with Crippen molar-refractivity contribution in [3.05, 3.63) is 29.8 Å². The Balaban J connectivity index is 1.25. The van der Waals surface area contributed by atoms with Crippen molar-refractivity contribution in [3.8, 4) is 0 Å². The predicted molar refractivity (Wildman–Crippen MR) is 128 cm³/mol. The summed E-state index contributed by atoms with van der Waals surface area (Å²) in [4.78, 5) is 31.4. The quantitative estimate of drug-likeness (QED) is 0.515. The molecule has 4 aliphatic rings. The number of β-amino-alcohol motifs (C(OH)–C–C–N with tert-alkyl or cyclic N) is 1. The fourth-order valence-corrected chi connectivity index (χ4v) is 5.84. The first-order chi connectivity index (χ1) is 17.5. The Bertz CT molecular complexity index is 1080. The lowest BCUT2D eigenvalue weighted by molar-refractivity contribution is -0.157.